The second-order valence-corrected chi connectivity index (χ2v) is 1.87. The van der Waals surface area contributed by atoms with E-state index in [4.69, 9.17) is 24.4 Å². The molecule has 0 bridgehead atoms. The second kappa shape index (κ2) is 6.51. The Morgan fingerprint density at radius 3 is 2.18 bits per heavy atom. The molecular weight excluding hydrogens is 152 g/mol. The molecule has 0 amide bonds. The predicted molar refractivity (Wildman–Crippen MR) is 36.9 cm³/mol. The summed E-state index contributed by atoms with van der Waals surface area (Å²) in [6.45, 7) is -0.338. The third kappa shape index (κ3) is 5.11. The first-order chi connectivity index (χ1) is 5.24. The molecule has 0 aromatic heterocycles. The van der Waals surface area contributed by atoms with Crippen LogP contribution in [0.25, 0.3) is 0 Å². The van der Waals surface area contributed by atoms with Gasteiger partial charge < -0.3 is 24.4 Å². The van der Waals surface area contributed by atoms with Crippen LogP contribution in [0.2, 0.25) is 0 Å². The Bertz CT molecular complexity index is 83.0. The lowest BCUT2D eigenvalue weighted by atomic mass is 10.6. The van der Waals surface area contributed by atoms with Crippen LogP contribution in [0.5, 0.6) is 0 Å². The molecule has 0 aromatic rings. The van der Waals surface area contributed by atoms with Gasteiger partial charge in [0.25, 0.3) is 0 Å². The van der Waals surface area contributed by atoms with Crippen LogP contribution in [-0.4, -0.2) is 50.2 Å². The molecule has 0 saturated carbocycles. The SMILES string of the molecule is COC(COC(O)CO)OC. The Kier molecular flexibility index (Phi) is 6.39. The Labute approximate surface area is 65.5 Å². The molecule has 0 aliphatic rings. The van der Waals surface area contributed by atoms with Crippen LogP contribution in [0.1, 0.15) is 0 Å². The fourth-order valence-electron chi connectivity index (χ4n) is 0.475. The molecule has 0 heterocycles. The van der Waals surface area contributed by atoms with Gasteiger partial charge in [-0.1, -0.05) is 0 Å². The van der Waals surface area contributed by atoms with Gasteiger partial charge in [-0.25, -0.2) is 0 Å². The predicted octanol–water partition coefficient (Wildman–Crippen LogP) is -1.07. The molecule has 0 saturated heterocycles. The van der Waals surface area contributed by atoms with E-state index in [-0.39, 0.29) is 6.61 Å². The summed E-state index contributed by atoms with van der Waals surface area (Å²) in [5.41, 5.74) is 0. The van der Waals surface area contributed by atoms with E-state index < -0.39 is 19.2 Å². The van der Waals surface area contributed by atoms with Crippen LogP contribution in [0.3, 0.4) is 0 Å². The quantitative estimate of drug-likeness (QED) is 0.492. The lowest BCUT2D eigenvalue weighted by Gasteiger charge is -2.15. The maximum atomic E-state index is 8.71. The molecule has 5 nitrogen and oxygen atoms in total. The third-order valence-corrected chi connectivity index (χ3v) is 1.11. The maximum Gasteiger partial charge on any atom is 0.180 e. The summed E-state index contributed by atoms with van der Waals surface area (Å²) in [6.07, 6.45) is -1.67. The highest BCUT2D eigenvalue weighted by atomic mass is 16.7. The van der Waals surface area contributed by atoms with Crippen LogP contribution < -0.4 is 0 Å². The fraction of sp³-hybridized carbons (Fsp3) is 1.00. The van der Waals surface area contributed by atoms with E-state index in [1.165, 1.54) is 14.2 Å². The molecule has 68 valence electrons. The number of aliphatic hydroxyl groups is 2. The standard InChI is InChI=1S/C6H14O5/c1-9-6(10-2)4-11-5(8)3-7/h5-8H,3-4H2,1-2H3. The molecule has 0 aliphatic carbocycles. The van der Waals surface area contributed by atoms with Crippen molar-refractivity contribution in [1.82, 2.24) is 0 Å². The largest absolute Gasteiger partial charge is 0.391 e. The molecule has 0 fully saturated rings. The normalized spacial score (nSPS) is 13.9. The molecule has 5 heteroatoms. The Morgan fingerprint density at radius 1 is 1.27 bits per heavy atom. The van der Waals surface area contributed by atoms with Gasteiger partial charge in [0.2, 0.25) is 0 Å². The molecule has 1 unspecified atom stereocenters. The van der Waals surface area contributed by atoms with E-state index in [0.29, 0.717) is 0 Å². The monoisotopic (exact) mass is 166 g/mol. The van der Waals surface area contributed by atoms with Gasteiger partial charge >= 0.3 is 0 Å². The van der Waals surface area contributed by atoms with Gasteiger partial charge in [-0.3, -0.25) is 0 Å². The molecular formula is C6H14O5. The summed E-state index contributed by atoms with van der Waals surface area (Å²) in [4.78, 5) is 0. The molecule has 2 N–H and O–H groups in total. The zero-order chi connectivity index (χ0) is 8.69. The molecule has 0 aliphatic heterocycles. The zero-order valence-corrected chi connectivity index (χ0v) is 6.69. The number of aliphatic hydroxyl groups excluding tert-OH is 2. The molecule has 0 spiro atoms. The van der Waals surface area contributed by atoms with E-state index in [2.05, 4.69) is 0 Å². The van der Waals surface area contributed by atoms with Gasteiger partial charge in [-0.2, -0.15) is 0 Å². The van der Waals surface area contributed by atoms with Crippen LogP contribution in [0.15, 0.2) is 0 Å². The van der Waals surface area contributed by atoms with E-state index in [1.54, 1.807) is 0 Å². The minimum atomic E-state index is -1.16. The maximum absolute atomic E-state index is 8.71. The average molecular weight is 166 g/mol. The number of rotatable bonds is 6. The first kappa shape index (κ1) is 10.8. The van der Waals surface area contributed by atoms with E-state index in [9.17, 15) is 0 Å². The third-order valence-electron chi connectivity index (χ3n) is 1.11. The number of hydrogen-bond acceptors (Lipinski definition) is 5. The first-order valence-electron chi connectivity index (χ1n) is 3.20. The summed E-state index contributed by atoms with van der Waals surface area (Å²) >= 11 is 0. The van der Waals surface area contributed by atoms with Gasteiger partial charge in [0, 0.05) is 14.2 Å². The number of hydrogen-bond donors (Lipinski definition) is 2. The summed E-state index contributed by atoms with van der Waals surface area (Å²) < 4.78 is 14.2. The van der Waals surface area contributed by atoms with Gasteiger partial charge in [0.15, 0.2) is 12.6 Å². The summed E-state index contributed by atoms with van der Waals surface area (Å²) in [7, 11) is 2.92. The second-order valence-electron chi connectivity index (χ2n) is 1.87. The van der Waals surface area contributed by atoms with Crippen molar-refractivity contribution in [3.05, 3.63) is 0 Å². The fourth-order valence-corrected chi connectivity index (χ4v) is 0.475. The van der Waals surface area contributed by atoms with Crippen molar-refractivity contribution in [2.24, 2.45) is 0 Å². The van der Waals surface area contributed by atoms with Crippen LogP contribution in [0.4, 0.5) is 0 Å². The average Bonchev–Trinajstić information content (AvgIpc) is 2.06. The lowest BCUT2D eigenvalue weighted by molar-refractivity contribution is -0.195. The van der Waals surface area contributed by atoms with Gasteiger partial charge in [-0.15, -0.1) is 0 Å². The van der Waals surface area contributed by atoms with Crippen molar-refractivity contribution < 1.29 is 24.4 Å². The Morgan fingerprint density at radius 2 is 1.82 bits per heavy atom. The van der Waals surface area contributed by atoms with Crippen molar-refractivity contribution in [3.8, 4) is 0 Å². The molecule has 11 heavy (non-hydrogen) atoms. The van der Waals surface area contributed by atoms with Crippen molar-refractivity contribution in [1.29, 1.82) is 0 Å². The first-order valence-corrected chi connectivity index (χ1v) is 3.20. The van der Waals surface area contributed by atoms with Crippen LogP contribution in [0, 0.1) is 0 Å². The number of methoxy groups -OCH3 is 2. The Balaban J connectivity index is 3.34. The van der Waals surface area contributed by atoms with E-state index >= 15 is 0 Å². The van der Waals surface area contributed by atoms with E-state index in [0.717, 1.165) is 0 Å². The van der Waals surface area contributed by atoms with E-state index in [1.807, 2.05) is 0 Å². The zero-order valence-electron chi connectivity index (χ0n) is 6.69. The summed E-state index contributed by atoms with van der Waals surface area (Å²) in [5, 5.41) is 17.1. The Hall–Kier alpha value is -0.200. The highest BCUT2D eigenvalue weighted by Gasteiger charge is 2.08. The smallest absolute Gasteiger partial charge is 0.180 e. The molecule has 0 radical (unpaired) electrons. The van der Waals surface area contributed by atoms with Crippen molar-refractivity contribution in [2.45, 2.75) is 12.6 Å². The van der Waals surface area contributed by atoms with Crippen LogP contribution >= 0.6 is 0 Å². The minimum absolute atomic E-state index is 0.0920. The molecule has 1 atom stereocenters. The topological polar surface area (TPSA) is 68.2 Å². The van der Waals surface area contributed by atoms with Gasteiger partial charge in [-0.05, 0) is 0 Å². The van der Waals surface area contributed by atoms with Crippen molar-refractivity contribution in [3.63, 3.8) is 0 Å². The lowest BCUT2D eigenvalue weighted by Crippen LogP contribution is -2.26. The molecule has 0 rings (SSSR count). The van der Waals surface area contributed by atoms with Crippen molar-refractivity contribution >= 4 is 0 Å². The highest BCUT2D eigenvalue weighted by Crippen LogP contribution is 1.94. The van der Waals surface area contributed by atoms with Crippen LogP contribution in [-0.2, 0) is 14.2 Å². The minimum Gasteiger partial charge on any atom is -0.391 e. The van der Waals surface area contributed by atoms with Gasteiger partial charge in [0.05, 0.1) is 6.61 Å². The highest BCUT2D eigenvalue weighted by molar-refractivity contribution is 4.40. The molecule has 0 aromatic carbocycles. The summed E-state index contributed by atoms with van der Waals surface area (Å²) in [5.74, 6) is 0. The number of ether oxygens (including phenoxy) is 3. The van der Waals surface area contributed by atoms with Crippen molar-refractivity contribution in [2.75, 3.05) is 27.4 Å². The summed E-state index contributed by atoms with van der Waals surface area (Å²) in [6, 6.07) is 0. The van der Waals surface area contributed by atoms with Gasteiger partial charge in [0.1, 0.15) is 6.61 Å².